The number of carbonyl (C=O) groups is 1. The molecule has 6 heteroatoms. The zero-order valence-corrected chi connectivity index (χ0v) is 12.6. The van der Waals surface area contributed by atoms with Gasteiger partial charge in [0.25, 0.3) is 0 Å². The summed E-state index contributed by atoms with van der Waals surface area (Å²) in [6.45, 7) is 0. The third-order valence-corrected chi connectivity index (χ3v) is 3.62. The Morgan fingerprint density at radius 3 is 2.50 bits per heavy atom. The summed E-state index contributed by atoms with van der Waals surface area (Å²) in [6, 6.07) is 12.7. The fraction of sp³-hybridized carbons (Fsp3) is 0. The molecule has 0 bridgehead atoms. The Balaban J connectivity index is 1.74. The average molecular weight is 315 g/mol. The Morgan fingerprint density at radius 2 is 1.67 bits per heavy atom. The van der Waals surface area contributed by atoms with Gasteiger partial charge in [-0.2, -0.15) is 0 Å². The average Bonchev–Trinajstić information content (AvgIpc) is 2.63. The summed E-state index contributed by atoms with van der Waals surface area (Å²) in [5.41, 5.74) is 2.81. The van der Waals surface area contributed by atoms with Crippen molar-refractivity contribution in [1.82, 2.24) is 15.0 Å². The van der Waals surface area contributed by atoms with Crippen molar-refractivity contribution in [1.29, 1.82) is 0 Å². The van der Waals surface area contributed by atoms with E-state index in [0.29, 0.717) is 16.9 Å². The second kappa shape index (κ2) is 5.92. The monoisotopic (exact) mass is 315 g/mol. The van der Waals surface area contributed by atoms with Crippen molar-refractivity contribution in [3.63, 3.8) is 0 Å². The minimum absolute atomic E-state index is 0.349. The van der Waals surface area contributed by atoms with Crippen molar-refractivity contribution >= 4 is 39.2 Å². The molecule has 2 amide bonds. The zero-order chi connectivity index (χ0) is 16.4. The summed E-state index contributed by atoms with van der Waals surface area (Å²) in [4.78, 5) is 25.1. The molecule has 4 aromatic rings. The van der Waals surface area contributed by atoms with Crippen molar-refractivity contribution in [2.45, 2.75) is 0 Å². The molecule has 0 spiro atoms. The number of benzene rings is 1. The Kier molecular flexibility index (Phi) is 3.47. The molecule has 0 unspecified atom stereocenters. The summed E-state index contributed by atoms with van der Waals surface area (Å²) >= 11 is 0. The van der Waals surface area contributed by atoms with Crippen LogP contribution in [0.1, 0.15) is 0 Å². The molecule has 0 aliphatic carbocycles. The van der Waals surface area contributed by atoms with Crippen LogP contribution in [0.3, 0.4) is 0 Å². The maximum atomic E-state index is 12.3. The van der Waals surface area contributed by atoms with Gasteiger partial charge in [-0.1, -0.05) is 6.07 Å². The number of hydrogen-bond donors (Lipinski definition) is 2. The molecule has 0 aliphatic rings. The second-order valence-corrected chi connectivity index (χ2v) is 5.22. The van der Waals surface area contributed by atoms with Crippen molar-refractivity contribution in [3.05, 3.63) is 67.3 Å². The van der Waals surface area contributed by atoms with Gasteiger partial charge in [-0.25, -0.2) is 4.79 Å². The van der Waals surface area contributed by atoms with E-state index >= 15 is 0 Å². The maximum Gasteiger partial charge on any atom is 0.323 e. The quantitative estimate of drug-likeness (QED) is 0.551. The highest BCUT2D eigenvalue weighted by Crippen LogP contribution is 2.29. The van der Waals surface area contributed by atoms with Crippen LogP contribution in [0.2, 0.25) is 0 Å². The first-order valence-electron chi connectivity index (χ1n) is 7.42. The number of amides is 2. The number of nitrogens with one attached hydrogen (secondary N) is 2. The highest BCUT2D eigenvalue weighted by molar-refractivity contribution is 6.13. The Bertz CT molecular complexity index is 1030. The molecule has 1 aromatic carbocycles. The largest absolute Gasteiger partial charge is 0.323 e. The van der Waals surface area contributed by atoms with E-state index in [-0.39, 0.29) is 6.03 Å². The van der Waals surface area contributed by atoms with Crippen LogP contribution in [0.25, 0.3) is 21.8 Å². The lowest BCUT2D eigenvalue weighted by molar-refractivity contribution is 0.262. The molecule has 0 fully saturated rings. The number of carbonyl (C=O) groups excluding carboxylic acids is 1. The first-order chi connectivity index (χ1) is 11.8. The molecule has 0 radical (unpaired) electrons. The number of urea groups is 1. The van der Waals surface area contributed by atoms with Crippen LogP contribution in [0, 0.1) is 0 Å². The first kappa shape index (κ1) is 14.1. The van der Waals surface area contributed by atoms with Crippen molar-refractivity contribution in [3.8, 4) is 0 Å². The number of fused-ring (bicyclic) bond motifs is 3. The number of nitrogens with zero attached hydrogens (tertiary/aromatic N) is 3. The molecule has 116 valence electrons. The molecule has 0 saturated heterocycles. The highest BCUT2D eigenvalue weighted by Gasteiger charge is 2.11. The number of rotatable bonds is 2. The van der Waals surface area contributed by atoms with Gasteiger partial charge >= 0.3 is 6.03 Å². The smallest absolute Gasteiger partial charge is 0.306 e. The molecule has 2 N–H and O–H groups in total. The van der Waals surface area contributed by atoms with E-state index in [1.54, 1.807) is 36.9 Å². The van der Waals surface area contributed by atoms with Crippen LogP contribution in [-0.2, 0) is 0 Å². The fourth-order valence-corrected chi connectivity index (χ4v) is 2.61. The standard InChI is InChI=1S/C18H13N5O/c24-18(22-13-5-2-7-19-11-13)23-15-10-12-4-1-8-20-16(12)14-6-3-9-21-17(14)15/h1-11H,(H2,22,23,24). The van der Waals surface area contributed by atoms with Gasteiger partial charge in [-0.3, -0.25) is 15.0 Å². The molecular formula is C18H13N5O. The fourth-order valence-electron chi connectivity index (χ4n) is 2.61. The molecular weight excluding hydrogens is 302 g/mol. The third kappa shape index (κ3) is 2.61. The van der Waals surface area contributed by atoms with Gasteiger partial charge in [0.05, 0.1) is 28.6 Å². The predicted molar refractivity (Wildman–Crippen MR) is 93.9 cm³/mol. The van der Waals surface area contributed by atoms with Gasteiger partial charge in [-0.05, 0) is 36.4 Å². The van der Waals surface area contributed by atoms with E-state index in [2.05, 4.69) is 25.6 Å². The number of pyridine rings is 3. The first-order valence-corrected chi connectivity index (χ1v) is 7.42. The second-order valence-electron chi connectivity index (χ2n) is 5.22. The summed E-state index contributed by atoms with van der Waals surface area (Å²) in [7, 11) is 0. The van der Waals surface area contributed by atoms with E-state index in [0.717, 1.165) is 16.3 Å². The van der Waals surface area contributed by atoms with Crippen LogP contribution in [0.5, 0.6) is 0 Å². The lowest BCUT2D eigenvalue weighted by Gasteiger charge is -2.11. The van der Waals surface area contributed by atoms with Gasteiger partial charge in [0.1, 0.15) is 0 Å². The molecule has 24 heavy (non-hydrogen) atoms. The Hall–Kier alpha value is -3.54. The van der Waals surface area contributed by atoms with Gasteiger partial charge in [-0.15, -0.1) is 0 Å². The van der Waals surface area contributed by atoms with Crippen molar-refractivity contribution in [2.75, 3.05) is 10.6 Å². The Labute approximate surface area is 137 Å². The predicted octanol–water partition coefficient (Wildman–Crippen LogP) is 3.82. The van der Waals surface area contributed by atoms with Crippen molar-refractivity contribution in [2.24, 2.45) is 0 Å². The van der Waals surface area contributed by atoms with Gasteiger partial charge in [0, 0.05) is 29.4 Å². The topological polar surface area (TPSA) is 79.8 Å². The maximum absolute atomic E-state index is 12.3. The number of aromatic nitrogens is 3. The van der Waals surface area contributed by atoms with E-state index in [9.17, 15) is 4.79 Å². The summed E-state index contributed by atoms with van der Waals surface area (Å²) in [5, 5.41) is 7.44. The lowest BCUT2D eigenvalue weighted by Crippen LogP contribution is -2.19. The highest BCUT2D eigenvalue weighted by atomic mass is 16.2. The van der Waals surface area contributed by atoms with Crippen LogP contribution >= 0.6 is 0 Å². The van der Waals surface area contributed by atoms with Crippen molar-refractivity contribution < 1.29 is 4.79 Å². The van der Waals surface area contributed by atoms with Gasteiger partial charge in [0.15, 0.2) is 0 Å². The summed E-state index contributed by atoms with van der Waals surface area (Å²) in [5.74, 6) is 0. The lowest BCUT2D eigenvalue weighted by atomic mass is 10.1. The van der Waals surface area contributed by atoms with Crippen LogP contribution in [-0.4, -0.2) is 21.0 Å². The molecule has 4 rings (SSSR count). The van der Waals surface area contributed by atoms with Crippen LogP contribution < -0.4 is 10.6 Å². The minimum Gasteiger partial charge on any atom is -0.306 e. The molecule has 3 heterocycles. The normalized spacial score (nSPS) is 10.7. The molecule has 3 aromatic heterocycles. The Morgan fingerprint density at radius 1 is 0.875 bits per heavy atom. The third-order valence-electron chi connectivity index (χ3n) is 3.62. The van der Waals surface area contributed by atoms with E-state index < -0.39 is 0 Å². The molecule has 0 aliphatic heterocycles. The summed E-state index contributed by atoms with van der Waals surface area (Å²) < 4.78 is 0. The summed E-state index contributed by atoms with van der Waals surface area (Å²) in [6.07, 6.45) is 6.68. The molecule has 0 saturated carbocycles. The van der Waals surface area contributed by atoms with E-state index in [4.69, 9.17) is 0 Å². The van der Waals surface area contributed by atoms with E-state index in [1.807, 2.05) is 30.3 Å². The van der Waals surface area contributed by atoms with Gasteiger partial charge < -0.3 is 10.6 Å². The number of hydrogen-bond acceptors (Lipinski definition) is 4. The molecule has 0 atom stereocenters. The zero-order valence-electron chi connectivity index (χ0n) is 12.6. The SMILES string of the molecule is O=C(Nc1cccnc1)Nc1cc2cccnc2c2cccnc12. The van der Waals surface area contributed by atoms with Crippen LogP contribution in [0.15, 0.2) is 67.3 Å². The minimum atomic E-state index is -0.349. The molecule has 6 nitrogen and oxygen atoms in total. The van der Waals surface area contributed by atoms with Crippen LogP contribution in [0.4, 0.5) is 16.2 Å². The van der Waals surface area contributed by atoms with Gasteiger partial charge in [0.2, 0.25) is 0 Å². The number of anilines is 2. The van der Waals surface area contributed by atoms with E-state index in [1.165, 1.54) is 0 Å².